The molecule has 2 heterocycles. The normalized spacial score (nSPS) is 17.3. The summed E-state index contributed by atoms with van der Waals surface area (Å²) in [4.78, 5) is 50.5. The van der Waals surface area contributed by atoms with E-state index >= 15 is 0 Å². The van der Waals surface area contributed by atoms with Gasteiger partial charge in [0.05, 0.1) is 5.56 Å². The molecule has 0 bridgehead atoms. The molecule has 0 atom stereocenters. The third-order valence-electron chi connectivity index (χ3n) is 6.54. The standard InChI is InChI=1S/C23H22F4N4O4/c1-10-13(24)6-12(7-14(10)25)29-19(33)17-11(2)16(15-4-3-5-31(15)17)18(32)20(34)30-22(21(28)35)8-23(26,27)9-22/h6-7H,3-5,8-9H2,1-2H3,(H2,28,35)(H,29,33)(H,30,34). The van der Waals surface area contributed by atoms with E-state index in [-0.39, 0.29) is 28.1 Å². The maximum Gasteiger partial charge on any atom is 0.293 e. The fourth-order valence-corrected chi connectivity index (χ4v) is 4.76. The predicted octanol–water partition coefficient (Wildman–Crippen LogP) is 2.53. The van der Waals surface area contributed by atoms with Crippen molar-refractivity contribution in [3.05, 3.63) is 51.8 Å². The van der Waals surface area contributed by atoms with Crippen molar-refractivity contribution in [1.82, 2.24) is 9.88 Å². The third kappa shape index (κ3) is 4.06. The van der Waals surface area contributed by atoms with Gasteiger partial charge in [-0.05, 0) is 44.4 Å². The van der Waals surface area contributed by atoms with Crippen LogP contribution < -0.4 is 16.4 Å². The second-order valence-corrected chi connectivity index (χ2v) is 9.01. The van der Waals surface area contributed by atoms with Gasteiger partial charge >= 0.3 is 0 Å². The van der Waals surface area contributed by atoms with Crippen LogP contribution in [0, 0.1) is 25.5 Å². The van der Waals surface area contributed by atoms with Crippen LogP contribution in [-0.2, 0) is 22.6 Å². The van der Waals surface area contributed by atoms with Crippen LogP contribution in [0.4, 0.5) is 23.2 Å². The molecule has 0 unspecified atom stereocenters. The molecule has 186 valence electrons. The van der Waals surface area contributed by atoms with E-state index in [2.05, 4.69) is 10.6 Å². The summed E-state index contributed by atoms with van der Waals surface area (Å²) in [6, 6.07) is 1.91. The third-order valence-corrected chi connectivity index (χ3v) is 6.54. The highest BCUT2D eigenvalue weighted by Gasteiger charge is 2.61. The largest absolute Gasteiger partial charge is 0.368 e. The Hall–Kier alpha value is -3.70. The summed E-state index contributed by atoms with van der Waals surface area (Å²) in [5, 5.41) is 4.46. The second-order valence-electron chi connectivity index (χ2n) is 9.01. The molecule has 0 radical (unpaired) electrons. The number of Topliss-reactive ketones (excluding diaryl/α,β-unsaturated/α-hetero) is 1. The number of carbonyl (C=O) groups is 4. The van der Waals surface area contributed by atoms with E-state index in [0.29, 0.717) is 25.1 Å². The fourth-order valence-electron chi connectivity index (χ4n) is 4.76. The van der Waals surface area contributed by atoms with Gasteiger partial charge in [0.1, 0.15) is 22.9 Å². The molecule has 2 aliphatic rings. The first-order chi connectivity index (χ1) is 16.3. The number of amides is 3. The summed E-state index contributed by atoms with van der Waals surface area (Å²) in [7, 11) is 0. The predicted molar refractivity (Wildman–Crippen MR) is 115 cm³/mol. The van der Waals surface area contributed by atoms with E-state index in [4.69, 9.17) is 5.73 Å². The van der Waals surface area contributed by atoms with Crippen molar-refractivity contribution in [2.75, 3.05) is 5.32 Å². The topological polar surface area (TPSA) is 123 Å². The van der Waals surface area contributed by atoms with Crippen LogP contribution in [-0.4, -0.2) is 39.5 Å². The van der Waals surface area contributed by atoms with Crippen LogP contribution in [0.5, 0.6) is 0 Å². The van der Waals surface area contributed by atoms with Crippen molar-refractivity contribution >= 4 is 29.2 Å². The van der Waals surface area contributed by atoms with Gasteiger partial charge in [-0.3, -0.25) is 19.2 Å². The Labute approximate surface area is 196 Å². The smallest absolute Gasteiger partial charge is 0.293 e. The monoisotopic (exact) mass is 494 g/mol. The number of nitrogens with one attached hydrogen (secondary N) is 2. The van der Waals surface area contributed by atoms with Crippen molar-refractivity contribution in [3.8, 4) is 0 Å². The van der Waals surface area contributed by atoms with Gasteiger partial charge in [0, 0.05) is 36.3 Å². The van der Waals surface area contributed by atoms with Crippen LogP contribution in [0.3, 0.4) is 0 Å². The Morgan fingerprint density at radius 2 is 1.63 bits per heavy atom. The number of fused-ring (bicyclic) bond motifs is 1. The van der Waals surface area contributed by atoms with Gasteiger partial charge in [0.25, 0.3) is 23.5 Å². The lowest BCUT2D eigenvalue weighted by molar-refractivity contribution is -0.162. The van der Waals surface area contributed by atoms with Crippen molar-refractivity contribution < 1.29 is 36.7 Å². The van der Waals surface area contributed by atoms with Crippen LogP contribution >= 0.6 is 0 Å². The molecule has 35 heavy (non-hydrogen) atoms. The number of primary amides is 1. The molecule has 1 aliphatic heterocycles. The lowest BCUT2D eigenvalue weighted by Gasteiger charge is -2.44. The van der Waals surface area contributed by atoms with Crippen molar-refractivity contribution in [2.45, 2.75) is 57.5 Å². The Morgan fingerprint density at radius 3 is 2.17 bits per heavy atom. The zero-order valence-corrected chi connectivity index (χ0v) is 18.9. The van der Waals surface area contributed by atoms with E-state index in [1.54, 1.807) is 0 Å². The molecule has 1 fully saturated rings. The first kappa shape index (κ1) is 24.4. The Balaban J connectivity index is 1.63. The van der Waals surface area contributed by atoms with E-state index in [1.807, 2.05) is 0 Å². The molecule has 1 aromatic carbocycles. The molecule has 2 aromatic rings. The molecule has 8 nitrogen and oxygen atoms in total. The number of hydrogen-bond acceptors (Lipinski definition) is 4. The van der Waals surface area contributed by atoms with Crippen molar-refractivity contribution in [1.29, 1.82) is 0 Å². The van der Waals surface area contributed by atoms with Gasteiger partial charge in [-0.2, -0.15) is 0 Å². The average Bonchev–Trinajstić information content (AvgIpc) is 3.29. The van der Waals surface area contributed by atoms with Crippen LogP contribution in [0.15, 0.2) is 12.1 Å². The van der Waals surface area contributed by atoms with E-state index in [9.17, 15) is 36.7 Å². The van der Waals surface area contributed by atoms with Gasteiger partial charge in [-0.1, -0.05) is 0 Å². The minimum absolute atomic E-state index is 0.0230. The molecule has 0 saturated heterocycles. The molecule has 0 spiro atoms. The van der Waals surface area contributed by atoms with Crippen molar-refractivity contribution in [3.63, 3.8) is 0 Å². The SMILES string of the molecule is Cc1c(F)cc(NC(=O)c2c(C)c(C(=O)C(=O)NC3(C(N)=O)CC(F)(F)C3)c3n2CCC3)cc1F. The highest BCUT2D eigenvalue weighted by Crippen LogP contribution is 2.45. The maximum absolute atomic E-state index is 13.9. The number of nitrogens with zero attached hydrogens (tertiary/aromatic N) is 1. The van der Waals surface area contributed by atoms with Crippen LogP contribution in [0.25, 0.3) is 0 Å². The quantitative estimate of drug-likeness (QED) is 0.324. The number of halogens is 4. The van der Waals surface area contributed by atoms with E-state index in [0.717, 1.165) is 12.1 Å². The van der Waals surface area contributed by atoms with Gasteiger partial charge in [-0.25, -0.2) is 17.6 Å². The Kier molecular flexibility index (Phi) is 5.73. The molecular weight excluding hydrogens is 472 g/mol. The van der Waals surface area contributed by atoms with Crippen LogP contribution in [0.1, 0.15) is 56.9 Å². The zero-order chi connectivity index (χ0) is 25.9. The number of carbonyl (C=O) groups excluding carboxylic acids is 4. The summed E-state index contributed by atoms with van der Waals surface area (Å²) in [6.45, 7) is 3.02. The summed E-state index contributed by atoms with van der Waals surface area (Å²) in [6.07, 6.45) is -1.12. The fraction of sp³-hybridized carbons (Fsp3) is 0.391. The van der Waals surface area contributed by atoms with Crippen molar-refractivity contribution in [2.24, 2.45) is 5.73 Å². The Morgan fingerprint density at radius 1 is 1.03 bits per heavy atom. The number of hydrogen-bond donors (Lipinski definition) is 3. The first-order valence-corrected chi connectivity index (χ1v) is 10.8. The molecule has 1 aliphatic carbocycles. The molecule has 3 amide bonds. The number of alkyl halides is 2. The second kappa shape index (κ2) is 8.21. The molecule has 12 heteroatoms. The zero-order valence-electron chi connectivity index (χ0n) is 18.9. The molecule has 4 rings (SSSR count). The molecule has 4 N–H and O–H groups in total. The lowest BCUT2D eigenvalue weighted by Crippen LogP contribution is -2.69. The molecule has 1 aromatic heterocycles. The number of rotatable bonds is 6. The average molecular weight is 494 g/mol. The highest BCUT2D eigenvalue weighted by molar-refractivity contribution is 6.44. The van der Waals surface area contributed by atoms with Gasteiger partial charge in [-0.15, -0.1) is 0 Å². The van der Waals surface area contributed by atoms with Crippen LogP contribution in [0.2, 0.25) is 0 Å². The number of ketones is 1. The highest BCUT2D eigenvalue weighted by atomic mass is 19.3. The van der Waals surface area contributed by atoms with E-state index < -0.39 is 59.4 Å². The van der Waals surface area contributed by atoms with E-state index in [1.165, 1.54) is 18.4 Å². The van der Waals surface area contributed by atoms with Gasteiger partial charge in [0.15, 0.2) is 0 Å². The number of benzene rings is 1. The lowest BCUT2D eigenvalue weighted by atomic mass is 9.72. The summed E-state index contributed by atoms with van der Waals surface area (Å²) in [5.74, 6) is -9.22. The van der Waals surface area contributed by atoms with Gasteiger partial charge in [0.2, 0.25) is 5.91 Å². The number of anilines is 1. The minimum Gasteiger partial charge on any atom is -0.368 e. The number of aromatic nitrogens is 1. The summed E-state index contributed by atoms with van der Waals surface area (Å²) >= 11 is 0. The minimum atomic E-state index is -3.20. The first-order valence-electron chi connectivity index (χ1n) is 10.8. The molecule has 1 saturated carbocycles. The van der Waals surface area contributed by atoms with Gasteiger partial charge < -0.3 is 20.9 Å². The maximum atomic E-state index is 13.9. The molecular formula is C23H22F4N4O4. The summed E-state index contributed by atoms with van der Waals surface area (Å²) in [5.41, 5.74) is 3.28. The number of nitrogens with two attached hydrogens (primary N) is 1. The Bertz CT molecular complexity index is 1270. The summed E-state index contributed by atoms with van der Waals surface area (Å²) < 4.78 is 56.2.